The Morgan fingerprint density at radius 1 is 1.47 bits per heavy atom. The summed E-state index contributed by atoms with van der Waals surface area (Å²) >= 11 is 0. The molecule has 15 heavy (non-hydrogen) atoms. The van der Waals surface area contributed by atoms with Crippen LogP contribution in [0.4, 0.5) is 0 Å². The molecule has 1 unspecified atom stereocenters. The molecule has 0 saturated carbocycles. The Labute approximate surface area is 89.6 Å². The maximum Gasteiger partial charge on any atom is 0.490 e. The fourth-order valence-corrected chi connectivity index (χ4v) is 1.85. The zero-order chi connectivity index (χ0) is 10.8. The molecule has 2 rings (SSSR count). The van der Waals surface area contributed by atoms with Gasteiger partial charge in [0.1, 0.15) is 0 Å². The first-order valence-electron chi connectivity index (χ1n) is 5.05. The number of fused-ring (bicyclic) bond motifs is 1. The van der Waals surface area contributed by atoms with Gasteiger partial charge in [0.2, 0.25) is 0 Å². The largest absolute Gasteiger partial charge is 0.490 e. The second-order valence-corrected chi connectivity index (χ2v) is 3.88. The monoisotopic (exact) mass is 203 g/mol. The quantitative estimate of drug-likeness (QED) is 0.545. The highest BCUT2D eigenvalue weighted by Gasteiger charge is 2.22. The molecule has 0 spiro atoms. The van der Waals surface area contributed by atoms with E-state index in [1.54, 1.807) is 6.20 Å². The Morgan fingerprint density at radius 2 is 2.27 bits per heavy atom. The number of allylic oxidation sites excluding steroid dienone is 5. The standard InChI is InChI=1S/C11H14BNO2/c1-8-3-2-4-9-5-10(8)6-13-7-11(9)12(14)15/h2-5,7,10,13-15H,6H2,1H3. The van der Waals surface area contributed by atoms with Gasteiger partial charge >= 0.3 is 7.12 Å². The Morgan fingerprint density at radius 3 is 3.00 bits per heavy atom. The summed E-state index contributed by atoms with van der Waals surface area (Å²) < 4.78 is 0. The first kappa shape index (κ1) is 10.3. The van der Waals surface area contributed by atoms with Crippen LogP contribution in [-0.2, 0) is 0 Å². The molecule has 1 heterocycles. The summed E-state index contributed by atoms with van der Waals surface area (Å²) in [5.41, 5.74) is 2.68. The van der Waals surface area contributed by atoms with Crippen molar-refractivity contribution in [2.45, 2.75) is 6.92 Å². The van der Waals surface area contributed by atoms with E-state index < -0.39 is 7.12 Å². The van der Waals surface area contributed by atoms with Crippen LogP contribution in [0.1, 0.15) is 6.92 Å². The van der Waals surface area contributed by atoms with E-state index in [0.29, 0.717) is 11.4 Å². The smallest absolute Gasteiger partial charge is 0.423 e. The van der Waals surface area contributed by atoms with Gasteiger partial charge in [-0.25, -0.2) is 0 Å². The van der Waals surface area contributed by atoms with Gasteiger partial charge in [-0.3, -0.25) is 0 Å². The minimum absolute atomic E-state index is 0.322. The van der Waals surface area contributed by atoms with Gasteiger partial charge < -0.3 is 15.4 Å². The van der Waals surface area contributed by atoms with Gasteiger partial charge in [0.25, 0.3) is 0 Å². The molecule has 78 valence electrons. The molecular formula is C11H14BNO2. The van der Waals surface area contributed by atoms with Crippen molar-refractivity contribution in [2.75, 3.05) is 6.54 Å². The third-order valence-corrected chi connectivity index (χ3v) is 2.81. The molecule has 1 aliphatic heterocycles. The van der Waals surface area contributed by atoms with Gasteiger partial charge in [0, 0.05) is 17.9 Å². The molecule has 0 aromatic heterocycles. The molecule has 0 fully saturated rings. The van der Waals surface area contributed by atoms with E-state index in [1.807, 2.05) is 12.2 Å². The molecule has 0 radical (unpaired) electrons. The topological polar surface area (TPSA) is 52.5 Å². The van der Waals surface area contributed by atoms with Crippen LogP contribution in [-0.4, -0.2) is 23.7 Å². The summed E-state index contributed by atoms with van der Waals surface area (Å²) in [5, 5.41) is 21.6. The highest BCUT2D eigenvalue weighted by Crippen LogP contribution is 2.24. The van der Waals surface area contributed by atoms with Gasteiger partial charge in [-0.05, 0) is 18.7 Å². The van der Waals surface area contributed by atoms with Crippen LogP contribution < -0.4 is 5.32 Å². The Hall–Kier alpha value is -1.26. The number of nitrogens with one attached hydrogen (secondary N) is 1. The molecular weight excluding hydrogens is 189 g/mol. The minimum atomic E-state index is -1.43. The van der Waals surface area contributed by atoms with Crippen LogP contribution in [0.3, 0.4) is 0 Å². The van der Waals surface area contributed by atoms with Crippen molar-refractivity contribution in [2.24, 2.45) is 5.92 Å². The predicted molar refractivity (Wildman–Crippen MR) is 60.7 cm³/mol. The van der Waals surface area contributed by atoms with Crippen molar-refractivity contribution in [3.8, 4) is 0 Å². The normalized spacial score (nSPS) is 24.2. The molecule has 3 nitrogen and oxygen atoms in total. The fraction of sp³-hybridized carbons (Fsp3) is 0.273. The van der Waals surface area contributed by atoms with Crippen molar-refractivity contribution in [3.63, 3.8) is 0 Å². The summed E-state index contributed by atoms with van der Waals surface area (Å²) in [4.78, 5) is 0. The molecule has 0 amide bonds. The molecule has 2 aliphatic rings. The Balaban J connectivity index is 2.38. The fourth-order valence-electron chi connectivity index (χ4n) is 1.85. The van der Waals surface area contributed by atoms with Crippen LogP contribution in [0, 0.1) is 5.92 Å². The zero-order valence-electron chi connectivity index (χ0n) is 8.64. The lowest BCUT2D eigenvalue weighted by molar-refractivity contribution is 0.420. The summed E-state index contributed by atoms with van der Waals surface area (Å²) in [7, 11) is -1.43. The molecule has 0 aromatic rings. The number of hydrogen-bond donors (Lipinski definition) is 3. The zero-order valence-corrected chi connectivity index (χ0v) is 8.64. The molecule has 1 aliphatic carbocycles. The predicted octanol–water partition coefficient (Wildman–Crippen LogP) is 0.544. The lowest BCUT2D eigenvalue weighted by atomic mass is 9.75. The van der Waals surface area contributed by atoms with E-state index in [2.05, 4.69) is 24.4 Å². The van der Waals surface area contributed by atoms with Crippen LogP contribution in [0.25, 0.3) is 0 Å². The SMILES string of the molecule is CC1=CC=CC2=CC1CNC=C2B(O)O. The van der Waals surface area contributed by atoms with E-state index in [-0.39, 0.29) is 0 Å². The molecule has 0 aromatic carbocycles. The average molecular weight is 203 g/mol. The summed E-state index contributed by atoms with van der Waals surface area (Å²) in [6.07, 6.45) is 9.66. The molecule has 3 N–H and O–H groups in total. The van der Waals surface area contributed by atoms with Crippen molar-refractivity contribution in [3.05, 3.63) is 47.1 Å². The third-order valence-electron chi connectivity index (χ3n) is 2.81. The maximum atomic E-state index is 9.23. The van der Waals surface area contributed by atoms with Crippen LogP contribution in [0.5, 0.6) is 0 Å². The van der Waals surface area contributed by atoms with E-state index >= 15 is 0 Å². The summed E-state index contributed by atoms with van der Waals surface area (Å²) in [6, 6.07) is 0. The minimum Gasteiger partial charge on any atom is -0.423 e. The second kappa shape index (κ2) is 4.09. The van der Waals surface area contributed by atoms with E-state index in [4.69, 9.17) is 0 Å². The van der Waals surface area contributed by atoms with Crippen molar-refractivity contribution in [1.82, 2.24) is 5.32 Å². The van der Waals surface area contributed by atoms with Crippen molar-refractivity contribution in [1.29, 1.82) is 0 Å². The van der Waals surface area contributed by atoms with Crippen molar-refractivity contribution < 1.29 is 10.0 Å². The second-order valence-electron chi connectivity index (χ2n) is 3.88. The maximum absolute atomic E-state index is 9.23. The lowest BCUT2D eigenvalue weighted by Gasteiger charge is -2.11. The molecule has 4 heteroatoms. The van der Waals surface area contributed by atoms with Gasteiger partial charge in [0.15, 0.2) is 0 Å². The summed E-state index contributed by atoms with van der Waals surface area (Å²) in [5.74, 6) is 0.322. The Bertz CT molecular complexity index is 380. The number of hydrogen-bond acceptors (Lipinski definition) is 3. The third kappa shape index (κ3) is 2.06. The Kier molecular flexibility index (Phi) is 2.80. The number of rotatable bonds is 1. The van der Waals surface area contributed by atoms with Crippen LogP contribution in [0.15, 0.2) is 47.1 Å². The molecule has 2 bridgehead atoms. The first-order chi connectivity index (χ1) is 7.18. The van der Waals surface area contributed by atoms with E-state index in [0.717, 1.165) is 12.1 Å². The molecule has 1 atom stereocenters. The summed E-state index contributed by atoms with van der Waals surface area (Å²) in [6.45, 7) is 2.88. The van der Waals surface area contributed by atoms with Crippen LogP contribution in [0.2, 0.25) is 0 Å². The lowest BCUT2D eigenvalue weighted by Crippen LogP contribution is -2.19. The highest BCUT2D eigenvalue weighted by molar-refractivity contribution is 6.52. The van der Waals surface area contributed by atoms with Crippen LogP contribution >= 0.6 is 0 Å². The average Bonchev–Trinajstić information content (AvgIpc) is 2.49. The van der Waals surface area contributed by atoms with Gasteiger partial charge in [-0.15, -0.1) is 0 Å². The van der Waals surface area contributed by atoms with Gasteiger partial charge in [-0.2, -0.15) is 0 Å². The first-order valence-corrected chi connectivity index (χ1v) is 5.05. The van der Waals surface area contributed by atoms with E-state index in [1.165, 1.54) is 5.57 Å². The van der Waals surface area contributed by atoms with E-state index in [9.17, 15) is 10.0 Å². The van der Waals surface area contributed by atoms with Crippen molar-refractivity contribution >= 4 is 7.12 Å². The highest BCUT2D eigenvalue weighted by atomic mass is 16.4. The van der Waals surface area contributed by atoms with Gasteiger partial charge in [-0.1, -0.05) is 29.9 Å². The molecule has 0 saturated heterocycles. The van der Waals surface area contributed by atoms with Gasteiger partial charge in [0.05, 0.1) is 0 Å².